The minimum Gasteiger partial charge on any atom is -0.480 e. The predicted molar refractivity (Wildman–Crippen MR) is 106 cm³/mol. The molecule has 0 aliphatic rings. The van der Waals surface area contributed by atoms with Crippen molar-refractivity contribution in [2.45, 2.75) is 43.8 Å². The van der Waals surface area contributed by atoms with Gasteiger partial charge in [-0.2, -0.15) is 11.8 Å². The molecular weight excluding hydrogens is 390 g/mol. The maximum absolute atomic E-state index is 12.4. The minimum absolute atomic E-state index is 0.0781. The molecule has 28 heavy (non-hydrogen) atoms. The smallest absolute Gasteiger partial charge is 0.326 e. The average molecular weight is 420 g/mol. The van der Waals surface area contributed by atoms with E-state index < -0.39 is 48.2 Å². The second kappa shape index (κ2) is 13.6. The number of aliphatic imine (C=N–C) groups is 1. The lowest BCUT2D eigenvalue weighted by molar-refractivity contribution is -0.142. The zero-order valence-electron chi connectivity index (χ0n) is 15.7. The summed E-state index contributed by atoms with van der Waals surface area (Å²) in [6.07, 6.45) is 2.15. The van der Waals surface area contributed by atoms with E-state index >= 15 is 0 Å². The number of nitrogens with two attached hydrogens (primary N) is 4. The fourth-order valence-corrected chi connectivity index (χ4v) is 2.58. The first-order chi connectivity index (χ1) is 13.1. The predicted octanol–water partition coefficient (Wildman–Crippen LogP) is -2.95. The van der Waals surface area contributed by atoms with Crippen LogP contribution in [0.3, 0.4) is 0 Å². The molecule has 0 fully saturated rings. The molecule has 0 rings (SSSR count). The van der Waals surface area contributed by atoms with Gasteiger partial charge in [-0.3, -0.25) is 19.4 Å². The summed E-state index contributed by atoms with van der Waals surface area (Å²) in [5, 5.41) is 13.8. The summed E-state index contributed by atoms with van der Waals surface area (Å²) in [4.78, 5) is 50.8. The zero-order valence-corrected chi connectivity index (χ0v) is 16.5. The van der Waals surface area contributed by atoms with Crippen LogP contribution in [0.1, 0.15) is 25.7 Å². The molecule has 0 heterocycles. The Morgan fingerprint density at radius 2 is 1.64 bits per heavy atom. The molecule has 0 unspecified atom stereocenters. The quantitative estimate of drug-likeness (QED) is 0.0865. The number of aliphatic carboxylic acids is 1. The molecular formula is C15H29N7O5S. The maximum atomic E-state index is 12.4. The molecule has 0 spiro atoms. The van der Waals surface area contributed by atoms with Crippen molar-refractivity contribution in [2.24, 2.45) is 27.9 Å². The SMILES string of the molecule is CSCC[C@H](NC(=O)[C@H](CC(N)=O)NC(=O)[C@@H](N)CCCN=C(N)N)C(=O)O. The fourth-order valence-electron chi connectivity index (χ4n) is 2.11. The Balaban J connectivity index is 4.88. The van der Waals surface area contributed by atoms with E-state index in [4.69, 9.17) is 22.9 Å². The molecule has 160 valence electrons. The lowest BCUT2D eigenvalue weighted by Gasteiger charge is -2.22. The summed E-state index contributed by atoms with van der Waals surface area (Å²) in [6, 6.07) is -3.45. The Bertz CT molecular complexity index is 583. The number of nitrogens with one attached hydrogen (secondary N) is 2. The number of carboxylic acids is 1. The molecule has 0 aliphatic heterocycles. The van der Waals surface area contributed by atoms with Gasteiger partial charge in [0, 0.05) is 6.54 Å². The highest BCUT2D eigenvalue weighted by atomic mass is 32.2. The van der Waals surface area contributed by atoms with Crippen LogP contribution in [0.2, 0.25) is 0 Å². The van der Waals surface area contributed by atoms with E-state index in [1.807, 2.05) is 0 Å². The van der Waals surface area contributed by atoms with Crippen molar-refractivity contribution in [1.29, 1.82) is 0 Å². The Morgan fingerprint density at radius 1 is 1.04 bits per heavy atom. The van der Waals surface area contributed by atoms with Gasteiger partial charge in [-0.15, -0.1) is 0 Å². The number of nitrogens with zero attached hydrogens (tertiary/aromatic N) is 1. The number of guanidine groups is 1. The van der Waals surface area contributed by atoms with E-state index in [0.29, 0.717) is 12.2 Å². The maximum Gasteiger partial charge on any atom is 0.326 e. The van der Waals surface area contributed by atoms with E-state index in [9.17, 15) is 24.3 Å². The Hall–Kier alpha value is -2.54. The van der Waals surface area contributed by atoms with Crippen molar-refractivity contribution in [3.05, 3.63) is 0 Å². The molecule has 12 nitrogen and oxygen atoms in total. The molecule has 0 radical (unpaired) electrons. The number of hydrogen-bond acceptors (Lipinski definition) is 7. The first-order valence-corrected chi connectivity index (χ1v) is 9.89. The van der Waals surface area contributed by atoms with E-state index in [1.165, 1.54) is 11.8 Å². The highest BCUT2D eigenvalue weighted by Crippen LogP contribution is 2.03. The van der Waals surface area contributed by atoms with E-state index in [-0.39, 0.29) is 25.3 Å². The van der Waals surface area contributed by atoms with Crippen molar-refractivity contribution < 1.29 is 24.3 Å². The molecule has 0 aliphatic carbocycles. The largest absolute Gasteiger partial charge is 0.480 e. The van der Waals surface area contributed by atoms with E-state index in [2.05, 4.69) is 15.6 Å². The van der Waals surface area contributed by atoms with Gasteiger partial charge in [-0.05, 0) is 31.3 Å². The number of primary amides is 1. The van der Waals surface area contributed by atoms with Crippen LogP contribution in [0.4, 0.5) is 0 Å². The van der Waals surface area contributed by atoms with Gasteiger partial charge in [-0.25, -0.2) is 4.79 Å². The van der Waals surface area contributed by atoms with Gasteiger partial charge in [0.05, 0.1) is 12.5 Å². The van der Waals surface area contributed by atoms with Gasteiger partial charge in [0.25, 0.3) is 0 Å². The molecule has 3 amide bonds. The summed E-state index contributed by atoms with van der Waals surface area (Å²) < 4.78 is 0. The number of carbonyl (C=O) groups excluding carboxylic acids is 3. The molecule has 13 heteroatoms. The van der Waals surface area contributed by atoms with Crippen LogP contribution in [0, 0.1) is 0 Å². The molecule has 0 bridgehead atoms. The average Bonchev–Trinajstić information content (AvgIpc) is 2.60. The number of carboxylic acid groups (broad SMARTS) is 1. The van der Waals surface area contributed by atoms with Crippen molar-refractivity contribution in [3.63, 3.8) is 0 Å². The van der Waals surface area contributed by atoms with Crippen molar-refractivity contribution in [2.75, 3.05) is 18.6 Å². The van der Waals surface area contributed by atoms with Crippen LogP contribution in [0.5, 0.6) is 0 Å². The van der Waals surface area contributed by atoms with E-state index in [0.717, 1.165) is 0 Å². The third-order valence-corrected chi connectivity index (χ3v) is 4.21. The number of amides is 3. The third kappa shape index (κ3) is 11.2. The minimum atomic E-state index is -1.33. The van der Waals surface area contributed by atoms with Gasteiger partial charge in [0.15, 0.2) is 5.96 Å². The number of rotatable bonds is 14. The van der Waals surface area contributed by atoms with Crippen LogP contribution in [0.15, 0.2) is 4.99 Å². The number of thioether (sulfide) groups is 1. The van der Waals surface area contributed by atoms with Crippen molar-refractivity contribution in [3.8, 4) is 0 Å². The lowest BCUT2D eigenvalue weighted by atomic mass is 10.1. The van der Waals surface area contributed by atoms with Gasteiger partial charge >= 0.3 is 5.97 Å². The highest BCUT2D eigenvalue weighted by Gasteiger charge is 2.28. The van der Waals surface area contributed by atoms with Crippen molar-refractivity contribution in [1.82, 2.24) is 10.6 Å². The Morgan fingerprint density at radius 3 is 2.14 bits per heavy atom. The molecule has 3 atom stereocenters. The molecule has 11 N–H and O–H groups in total. The monoisotopic (exact) mass is 419 g/mol. The standard InChI is InChI=1S/C15H29N7O5S/c1-28-6-4-9(14(26)27)21-13(25)10(7-11(17)23)22-12(24)8(16)3-2-5-20-15(18)19/h8-10H,2-7,16H2,1H3,(H2,17,23)(H,21,25)(H,22,24)(H,26,27)(H4,18,19,20)/t8-,9-,10-/m0/s1. The van der Waals surface area contributed by atoms with Crippen LogP contribution in [0.25, 0.3) is 0 Å². The van der Waals surface area contributed by atoms with Gasteiger partial charge in [-0.1, -0.05) is 0 Å². The number of hydrogen-bond donors (Lipinski definition) is 7. The highest BCUT2D eigenvalue weighted by molar-refractivity contribution is 7.98. The van der Waals surface area contributed by atoms with Gasteiger partial charge in [0.2, 0.25) is 17.7 Å². The molecule has 0 saturated carbocycles. The topological polar surface area (TPSA) is 229 Å². The summed E-state index contributed by atoms with van der Waals surface area (Å²) in [7, 11) is 0. The first-order valence-electron chi connectivity index (χ1n) is 8.50. The zero-order chi connectivity index (χ0) is 21.7. The van der Waals surface area contributed by atoms with Gasteiger partial charge in [0.1, 0.15) is 12.1 Å². The van der Waals surface area contributed by atoms with Crippen LogP contribution < -0.4 is 33.6 Å². The molecule has 0 aromatic rings. The Labute approximate surface area is 167 Å². The summed E-state index contributed by atoms with van der Waals surface area (Å²) in [5.41, 5.74) is 21.3. The third-order valence-electron chi connectivity index (χ3n) is 3.57. The first kappa shape index (κ1) is 25.5. The van der Waals surface area contributed by atoms with Crippen molar-refractivity contribution >= 4 is 41.4 Å². The normalized spacial score (nSPS) is 13.6. The molecule has 0 aromatic carbocycles. The Kier molecular flexibility index (Phi) is 12.4. The lowest BCUT2D eigenvalue weighted by Crippen LogP contribution is -2.55. The number of carbonyl (C=O) groups is 4. The summed E-state index contributed by atoms with van der Waals surface area (Å²) in [5.74, 6) is -3.13. The summed E-state index contributed by atoms with van der Waals surface area (Å²) in [6.45, 7) is 0.282. The molecule has 0 saturated heterocycles. The van der Waals surface area contributed by atoms with E-state index in [1.54, 1.807) is 6.26 Å². The van der Waals surface area contributed by atoms with Crippen LogP contribution in [-0.4, -0.2) is 71.4 Å². The van der Waals surface area contributed by atoms with Crippen LogP contribution >= 0.6 is 11.8 Å². The second-order valence-corrected chi connectivity index (χ2v) is 6.95. The fraction of sp³-hybridized carbons (Fsp3) is 0.667. The van der Waals surface area contributed by atoms with Crippen LogP contribution in [-0.2, 0) is 19.2 Å². The second-order valence-electron chi connectivity index (χ2n) is 5.97. The summed E-state index contributed by atoms with van der Waals surface area (Å²) >= 11 is 1.42. The molecule has 0 aromatic heterocycles. The van der Waals surface area contributed by atoms with Gasteiger partial charge < -0.3 is 38.7 Å².